The summed E-state index contributed by atoms with van der Waals surface area (Å²) in [7, 11) is 1.44. The Bertz CT molecular complexity index is 1330. The minimum atomic E-state index is -0.521. The first-order valence-electron chi connectivity index (χ1n) is 11.0. The normalized spacial score (nSPS) is 10.8. The lowest BCUT2D eigenvalue weighted by Crippen LogP contribution is -2.16. The first-order chi connectivity index (χ1) is 17.5. The van der Waals surface area contributed by atoms with E-state index in [0.29, 0.717) is 47.2 Å². The molecule has 12 heteroatoms. The quantitative estimate of drug-likeness (QED) is 0.212. The first-order valence-corrected chi connectivity index (χ1v) is 11.5. The summed E-state index contributed by atoms with van der Waals surface area (Å²) in [4.78, 5) is 26.2. The number of carbonyl (C=O) groups excluding carboxylic acids is 1. The van der Waals surface area contributed by atoms with E-state index in [9.17, 15) is 9.18 Å². The molecule has 1 amide bonds. The van der Waals surface area contributed by atoms with E-state index >= 15 is 0 Å². The van der Waals surface area contributed by atoms with Crippen LogP contribution in [-0.2, 0) is 6.54 Å². The van der Waals surface area contributed by atoms with Gasteiger partial charge in [0.15, 0.2) is 0 Å². The predicted molar refractivity (Wildman–Crippen MR) is 133 cm³/mol. The third-order valence-electron chi connectivity index (χ3n) is 5.12. The van der Waals surface area contributed by atoms with Gasteiger partial charge in [0.05, 0.1) is 19.3 Å². The molecule has 0 aliphatic heterocycles. The number of amides is 1. The smallest absolute Gasteiger partial charge is 0.263 e. The van der Waals surface area contributed by atoms with Crippen LogP contribution in [0.1, 0.15) is 22.6 Å². The molecule has 186 valence electrons. The molecule has 4 aromatic rings. The number of alkyl halides is 1. The summed E-state index contributed by atoms with van der Waals surface area (Å²) in [6.45, 7) is 0.694. The van der Waals surface area contributed by atoms with Gasteiger partial charge in [0.1, 0.15) is 28.6 Å². The Morgan fingerprint density at radius 3 is 2.56 bits per heavy atom. The van der Waals surface area contributed by atoms with Crippen LogP contribution in [0.3, 0.4) is 0 Å². The van der Waals surface area contributed by atoms with Crippen molar-refractivity contribution in [2.45, 2.75) is 13.0 Å². The first kappa shape index (κ1) is 25.0. The lowest BCUT2D eigenvalue weighted by molar-refractivity contribution is 0.102. The van der Waals surface area contributed by atoms with Gasteiger partial charge in [0.25, 0.3) is 5.91 Å². The van der Waals surface area contributed by atoms with Crippen molar-refractivity contribution in [3.63, 3.8) is 0 Å². The minimum Gasteiger partial charge on any atom is -0.479 e. The Morgan fingerprint density at radius 1 is 1.14 bits per heavy atom. The molecule has 0 saturated heterocycles. The Morgan fingerprint density at radius 2 is 1.89 bits per heavy atom. The molecule has 0 saturated carbocycles. The second-order valence-corrected chi connectivity index (χ2v) is 7.89. The number of nitrogens with one attached hydrogen (secondary N) is 2. The Labute approximate surface area is 211 Å². The fourth-order valence-corrected chi connectivity index (χ4v) is 3.46. The number of nitrogens with two attached hydrogens (primary N) is 1. The maximum atomic E-state index is 13.5. The molecule has 0 unspecified atom stereocenters. The number of hydrogen-bond acceptors (Lipinski definition) is 9. The third kappa shape index (κ3) is 5.58. The molecule has 0 atom stereocenters. The van der Waals surface area contributed by atoms with Gasteiger partial charge in [-0.2, -0.15) is 0 Å². The lowest BCUT2D eigenvalue weighted by Gasteiger charge is -2.12. The van der Waals surface area contributed by atoms with Crippen molar-refractivity contribution in [2.24, 2.45) is 5.73 Å². The van der Waals surface area contributed by atoms with Gasteiger partial charge in [-0.3, -0.25) is 4.79 Å². The summed E-state index contributed by atoms with van der Waals surface area (Å²) in [6.07, 6.45) is 3.87. The zero-order valence-electron chi connectivity index (χ0n) is 19.3. The molecule has 0 fully saturated rings. The van der Waals surface area contributed by atoms with Crippen LogP contribution in [-0.4, -0.2) is 45.6 Å². The monoisotopic (exact) mass is 511 g/mol. The molecule has 0 aliphatic rings. The van der Waals surface area contributed by atoms with Crippen molar-refractivity contribution < 1.29 is 18.4 Å². The number of methoxy groups -OCH3 is 1. The molecule has 4 N–H and O–H groups in total. The molecule has 0 radical (unpaired) electrons. The Balaban J connectivity index is 1.64. The molecule has 0 bridgehead atoms. The van der Waals surface area contributed by atoms with Crippen LogP contribution < -0.4 is 21.1 Å². The van der Waals surface area contributed by atoms with Gasteiger partial charge in [0.2, 0.25) is 11.8 Å². The number of hydrogen-bond donors (Lipinski definition) is 3. The van der Waals surface area contributed by atoms with Gasteiger partial charge in [-0.05, 0) is 42.8 Å². The SMILES string of the molecule is COc1nc(-c2cnc(CN)nc2)ccc1NC(=O)c1c(-c2ccc(F)cc2)noc1NCCCCl. The number of carbonyl (C=O) groups is 1. The van der Waals surface area contributed by atoms with Crippen molar-refractivity contribution in [1.29, 1.82) is 0 Å². The van der Waals surface area contributed by atoms with Gasteiger partial charge in [-0.1, -0.05) is 5.16 Å². The molecule has 10 nitrogen and oxygen atoms in total. The van der Waals surface area contributed by atoms with E-state index < -0.39 is 11.7 Å². The highest BCUT2D eigenvalue weighted by Gasteiger charge is 2.25. The van der Waals surface area contributed by atoms with Crippen LogP contribution in [0.2, 0.25) is 0 Å². The van der Waals surface area contributed by atoms with E-state index in [0.717, 1.165) is 0 Å². The molecule has 4 rings (SSSR count). The predicted octanol–water partition coefficient (Wildman–Crippen LogP) is 4.09. The average molecular weight is 512 g/mol. The van der Waals surface area contributed by atoms with Gasteiger partial charge in [-0.25, -0.2) is 19.3 Å². The molecule has 0 spiro atoms. The molecule has 3 aromatic heterocycles. The molecule has 1 aromatic carbocycles. The van der Waals surface area contributed by atoms with Crippen molar-refractivity contribution in [1.82, 2.24) is 20.1 Å². The zero-order chi connectivity index (χ0) is 25.5. The molecular weight excluding hydrogens is 489 g/mol. The zero-order valence-corrected chi connectivity index (χ0v) is 20.1. The fourth-order valence-electron chi connectivity index (χ4n) is 3.32. The fraction of sp³-hybridized carbons (Fsp3) is 0.208. The van der Waals surface area contributed by atoms with E-state index in [2.05, 4.69) is 30.7 Å². The van der Waals surface area contributed by atoms with E-state index in [4.69, 9.17) is 26.6 Å². The summed E-state index contributed by atoms with van der Waals surface area (Å²) >= 11 is 5.76. The van der Waals surface area contributed by atoms with Gasteiger partial charge >= 0.3 is 0 Å². The summed E-state index contributed by atoms with van der Waals surface area (Å²) in [5.41, 5.74) is 7.99. The van der Waals surface area contributed by atoms with E-state index in [1.807, 2.05) is 0 Å². The Hall–Kier alpha value is -4.09. The van der Waals surface area contributed by atoms with Crippen LogP contribution in [0.25, 0.3) is 22.5 Å². The number of pyridine rings is 1. The highest BCUT2D eigenvalue weighted by molar-refractivity contribution is 6.17. The maximum Gasteiger partial charge on any atom is 0.263 e. The highest BCUT2D eigenvalue weighted by atomic mass is 35.5. The summed E-state index contributed by atoms with van der Waals surface area (Å²) in [5.74, 6) is 0.358. The van der Waals surface area contributed by atoms with Crippen LogP contribution in [0.4, 0.5) is 16.0 Å². The number of ether oxygens (including phenoxy) is 1. The van der Waals surface area contributed by atoms with Crippen molar-refractivity contribution in [3.8, 4) is 28.4 Å². The second-order valence-electron chi connectivity index (χ2n) is 7.51. The molecule has 0 aliphatic carbocycles. The number of benzene rings is 1. The van der Waals surface area contributed by atoms with Crippen LogP contribution >= 0.6 is 11.6 Å². The second kappa shape index (κ2) is 11.6. The Kier molecular flexibility index (Phi) is 8.03. The lowest BCUT2D eigenvalue weighted by atomic mass is 10.1. The van der Waals surface area contributed by atoms with Crippen LogP contribution in [0.5, 0.6) is 5.88 Å². The topological polar surface area (TPSA) is 141 Å². The summed E-state index contributed by atoms with van der Waals surface area (Å²) in [6, 6.07) is 8.95. The van der Waals surface area contributed by atoms with E-state index in [1.165, 1.54) is 31.4 Å². The van der Waals surface area contributed by atoms with Crippen LogP contribution in [0, 0.1) is 5.82 Å². The van der Waals surface area contributed by atoms with Gasteiger partial charge in [-0.15, -0.1) is 11.6 Å². The summed E-state index contributed by atoms with van der Waals surface area (Å²) < 4.78 is 24.3. The number of rotatable bonds is 10. The van der Waals surface area contributed by atoms with Crippen molar-refractivity contribution >= 4 is 29.1 Å². The third-order valence-corrected chi connectivity index (χ3v) is 5.39. The number of nitrogens with zero attached hydrogens (tertiary/aromatic N) is 4. The maximum absolute atomic E-state index is 13.5. The van der Waals surface area contributed by atoms with Crippen molar-refractivity contribution in [3.05, 3.63) is 66.0 Å². The summed E-state index contributed by atoms with van der Waals surface area (Å²) in [5, 5.41) is 9.88. The minimum absolute atomic E-state index is 0.146. The highest BCUT2D eigenvalue weighted by Crippen LogP contribution is 2.32. The average Bonchev–Trinajstić information content (AvgIpc) is 3.33. The van der Waals surface area contributed by atoms with Crippen molar-refractivity contribution in [2.75, 3.05) is 30.2 Å². The molecule has 3 heterocycles. The van der Waals surface area contributed by atoms with Gasteiger partial charge < -0.3 is 25.6 Å². The molecular formula is C24H23ClFN7O3. The van der Waals surface area contributed by atoms with E-state index in [1.54, 1.807) is 24.5 Å². The van der Waals surface area contributed by atoms with Gasteiger partial charge in [0, 0.05) is 35.9 Å². The standard InChI is InChI=1S/C24H23ClFN7O3/c1-35-23-18(8-7-17(32-23)15-12-29-19(11-27)30-13-15)31-22(34)20-21(14-3-5-16(26)6-4-14)33-36-24(20)28-10-2-9-25/h3-8,12-13,28H,2,9-11,27H2,1H3,(H,31,34). The number of anilines is 2. The number of halogens is 2. The van der Waals surface area contributed by atoms with Crippen LogP contribution in [0.15, 0.2) is 53.3 Å². The largest absolute Gasteiger partial charge is 0.479 e. The van der Waals surface area contributed by atoms with E-state index in [-0.39, 0.29) is 29.6 Å². The molecule has 36 heavy (non-hydrogen) atoms. The number of aromatic nitrogens is 4.